The molecule has 1 amide bonds. The summed E-state index contributed by atoms with van der Waals surface area (Å²) < 4.78 is 5.70. The maximum Gasteiger partial charge on any atom is 0.257 e. The number of amides is 1. The molecule has 1 fully saturated rings. The molecule has 0 aromatic heterocycles. The van der Waals surface area contributed by atoms with Gasteiger partial charge in [-0.1, -0.05) is 41.9 Å². The number of nitrogen functional groups attached to an aromatic ring is 1. The number of nitrogens with two attached hydrogens (primary N) is 1. The van der Waals surface area contributed by atoms with Crippen LogP contribution in [-0.4, -0.2) is 24.0 Å². The highest BCUT2D eigenvalue weighted by atomic mass is 35.5. The largest absolute Gasteiger partial charge is 0.399 e. The average molecular weight is 303 g/mol. The van der Waals surface area contributed by atoms with E-state index >= 15 is 0 Å². The van der Waals surface area contributed by atoms with Crippen molar-refractivity contribution in [3.05, 3.63) is 64.7 Å². The molecule has 1 heterocycles. The zero-order chi connectivity index (χ0) is 14.8. The van der Waals surface area contributed by atoms with Gasteiger partial charge in [0.2, 0.25) is 0 Å². The first-order valence-electron chi connectivity index (χ1n) is 6.69. The number of nitrogens with zero attached hydrogens (tertiary/aromatic N) is 1. The molecule has 1 atom stereocenters. The standard InChI is InChI=1S/C16H15ClN2O2/c17-14-10-12(18)6-7-13(14)15(20)19-8-9-21-16(19)11-4-2-1-3-5-11/h1-7,10,16H,8-9,18H2/t16-/m0/s1. The minimum Gasteiger partial charge on any atom is -0.399 e. The Morgan fingerprint density at radius 2 is 2.00 bits per heavy atom. The molecule has 0 aliphatic carbocycles. The van der Waals surface area contributed by atoms with E-state index in [9.17, 15) is 4.79 Å². The van der Waals surface area contributed by atoms with Gasteiger partial charge in [-0.2, -0.15) is 0 Å². The molecule has 1 aliphatic heterocycles. The maximum absolute atomic E-state index is 12.7. The van der Waals surface area contributed by atoms with E-state index in [2.05, 4.69) is 0 Å². The first kappa shape index (κ1) is 13.9. The number of carbonyl (C=O) groups is 1. The zero-order valence-electron chi connectivity index (χ0n) is 11.3. The van der Waals surface area contributed by atoms with Gasteiger partial charge in [0.25, 0.3) is 5.91 Å². The van der Waals surface area contributed by atoms with Gasteiger partial charge in [0, 0.05) is 17.8 Å². The second-order valence-corrected chi connectivity index (χ2v) is 5.28. The molecule has 3 rings (SSSR count). The van der Waals surface area contributed by atoms with E-state index in [1.165, 1.54) is 0 Å². The fourth-order valence-electron chi connectivity index (χ4n) is 2.43. The van der Waals surface area contributed by atoms with E-state index in [4.69, 9.17) is 22.1 Å². The quantitative estimate of drug-likeness (QED) is 0.867. The van der Waals surface area contributed by atoms with Crippen LogP contribution in [0.2, 0.25) is 5.02 Å². The molecule has 5 heteroatoms. The predicted octanol–water partition coefficient (Wildman–Crippen LogP) is 3.09. The Balaban J connectivity index is 1.90. The summed E-state index contributed by atoms with van der Waals surface area (Å²) in [6.45, 7) is 1.05. The van der Waals surface area contributed by atoms with E-state index in [1.54, 1.807) is 23.1 Å². The number of rotatable bonds is 2. The summed E-state index contributed by atoms with van der Waals surface area (Å²) in [5.74, 6) is -0.147. The van der Waals surface area contributed by atoms with Crippen LogP contribution in [0, 0.1) is 0 Å². The maximum atomic E-state index is 12.7. The third-order valence-electron chi connectivity index (χ3n) is 3.46. The van der Waals surface area contributed by atoms with Gasteiger partial charge in [0.15, 0.2) is 6.23 Å². The Morgan fingerprint density at radius 3 is 2.71 bits per heavy atom. The lowest BCUT2D eigenvalue weighted by Crippen LogP contribution is -2.31. The molecule has 1 saturated heterocycles. The molecular formula is C16H15ClN2O2. The fourth-order valence-corrected chi connectivity index (χ4v) is 2.70. The molecule has 0 radical (unpaired) electrons. The summed E-state index contributed by atoms with van der Waals surface area (Å²) in [7, 11) is 0. The molecule has 0 unspecified atom stereocenters. The van der Waals surface area contributed by atoms with Crippen molar-refractivity contribution >= 4 is 23.2 Å². The van der Waals surface area contributed by atoms with Crippen molar-refractivity contribution in [1.29, 1.82) is 0 Å². The van der Waals surface area contributed by atoms with Gasteiger partial charge in [-0.15, -0.1) is 0 Å². The minimum atomic E-state index is -0.368. The van der Waals surface area contributed by atoms with Crippen LogP contribution in [0.4, 0.5) is 5.69 Å². The van der Waals surface area contributed by atoms with E-state index in [0.717, 1.165) is 5.56 Å². The summed E-state index contributed by atoms with van der Waals surface area (Å²) in [4.78, 5) is 14.4. The van der Waals surface area contributed by atoms with Gasteiger partial charge in [-0.3, -0.25) is 4.79 Å². The predicted molar refractivity (Wildman–Crippen MR) is 82.0 cm³/mol. The zero-order valence-corrected chi connectivity index (χ0v) is 12.1. The Labute approximate surface area is 128 Å². The molecule has 1 aliphatic rings. The lowest BCUT2D eigenvalue weighted by molar-refractivity contribution is 0.0272. The summed E-state index contributed by atoms with van der Waals surface area (Å²) in [5, 5.41) is 0.360. The lowest BCUT2D eigenvalue weighted by Gasteiger charge is -2.24. The van der Waals surface area contributed by atoms with Gasteiger partial charge in [0.1, 0.15) is 0 Å². The first-order valence-corrected chi connectivity index (χ1v) is 7.07. The Bertz CT molecular complexity index is 661. The van der Waals surface area contributed by atoms with Crippen LogP contribution in [0.1, 0.15) is 22.1 Å². The molecule has 2 aromatic carbocycles. The molecule has 0 bridgehead atoms. The normalized spacial score (nSPS) is 18.0. The molecule has 108 valence electrons. The number of hydrogen-bond acceptors (Lipinski definition) is 3. The molecule has 0 spiro atoms. The number of hydrogen-bond donors (Lipinski definition) is 1. The van der Waals surface area contributed by atoms with Crippen LogP contribution >= 0.6 is 11.6 Å². The molecule has 2 N–H and O–H groups in total. The van der Waals surface area contributed by atoms with Crippen LogP contribution in [-0.2, 0) is 4.74 Å². The Morgan fingerprint density at radius 1 is 1.24 bits per heavy atom. The summed E-state index contributed by atoms with van der Waals surface area (Å²) >= 11 is 6.13. The fraction of sp³-hybridized carbons (Fsp3) is 0.188. The van der Waals surface area contributed by atoms with Crippen LogP contribution in [0.15, 0.2) is 48.5 Å². The van der Waals surface area contributed by atoms with Crippen LogP contribution < -0.4 is 5.73 Å². The van der Waals surface area contributed by atoms with E-state index in [1.807, 2.05) is 30.3 Å². The second-order valence-electron chi connectivity index (χ2n) is 4.87. The van der Waals surface area contributed by atoms with Gasteiger partial charge in [-0.25, -0.2) is 0 Å². The van der Waals surface area contributed by atoms with Crippen LogP contribution in [0.25, 0.3) is 0 Å². The third kappa shape index (κ3) is 2.73. The van der Waals surface area contributed by atoms with E-state index < -0.39 is 0 Å². The minimum absolute atomic E-state index is 0.147. The van der Waals surface area contributed by atoms with E-state index in [-0.39, 0.29) is 12.1 Å². The molecule has 21 heavy (non-hydrogen) atoms. The number of anilines is 1. The van der Waals surface area contributed by atoms with Crippen LogP contribution in [0.5, 0.6) is 0 Å². The number of ether oxygens (including phenoxy) is 1. The van der Waals surface area contributed by atoms with Crippen molar-refractivity contribution in [3.63, 3.8) is 0 Å². The van der Waals surface area contributed by atoms with Crippen molar-refractivity contribution in [2.75, 3.05) is 18.9 Å². The highest BCUT2D eigenvalue weighted by molar-refractivity contribution is 6.34. The number of halogens is 1. The van der Waals surface area contributed by atoms with Crippen molar-refractivity contribution in [2.24, 2.45) is 0 Å². The van der Waals surface area contributed by atoms with Crippen LogP contribution in [0.3, 0.4) is 0 Å². The van der Waals surface area contributed by atoms with Gasteiger partial charge in [0.05, 0.1) is 17.2 Å². The highest BCUT2D eigenvalue weighted by Crippen LogP contribution is 2.30. The second kappa shape index (κ2) is 5.76. The highest BCUT2D eigenvalue weighted by Gasteiger charge is 2.32. The molecule has 0 saturated carbocycles. The Hall–Kier alpha value is -2.04. The molecular weight excluding hydrogens is 288 g/mol. The van der Waals surface area contributed by atoms with E-state index in [0.29, 0.717) is 29.4 Å². The van der Waals surface area contributed by atoms with Gasteiger partial charge in [-0.05, 0) is 18.2 Å². The summed E-state index contributed by atoms with van der Waals surface area (Å²) in [6.07, 6.45) is -0.368. The Kier molecular flexibility index (Phi) is 3.82. The summed E-state index contributed by atoms with van der Waals surface area (Å²) in [6, 6.07) is 14.6. The number of benzene rings is 2. The monoisotopic (exact) mass is 302 g/mol. The van der Waals surface area contributed by atoms with Gasteiger partial charge < -0.3 is 15.4 Å². The lowest BCUT2D eigenvalue weighted by atomic mass is 10.1. The molecule has 4 nitrogen and oxygen atoms in total. The molecule has 2 aromatic rings. The van der Waals surface area contributed by atoms with Crippen molar-refractivity contribution in [3.8, 4) is 0 Å². The average Bonchev–Trinajstić information content (AvgIpc) is 2.97. The smallest absolute Gasteiger partial charge is 0.257 e. The summed E-state index contributed by atoms with van der Waals surface area (Å²) in [5.41, 5.74) is 7.60. The topological polar surface area (TPSA) is 55.6 Å². The SMILES string of the molecule is Nc1ccc(C(=O)N2CCO[C@H]2c2ccccc2)c(Cl)c1. The number of carbonyl (C=O) groups excluding carboxylic acids is 1. The third-order valence-corrected chi connectivity index (χ3v) is 3.77. The van der Waals surface area contributed by atoms with Crippen molar-refractivity contribution in [2.45, 2.75) is 6.23 Å². The van der Waals surface area contributed by atoms with Crippen molar-refractivity contribution in [1.82, 2.24) is 4.90 Å². The first-order chi connectivity index (χ1) is 10.2. The van der Waals surface area contributed by atoms with Crippen molar-refractivity contribution < 1.29 is 9.53 Å². The van der Waals surface area contributed by atoms with Gasteiger partial charge >= 0.3 is 0 Å².